The standard InChI is InChI=1S/C18H20FN5O/c1-18(2)23-16(20)22-17(21)24(18)25-11-14-10-13(8-9-15(14)19)12-6-4-3-5-7-12/h3-10H,11H2,1-2H3,(H4,20,21,22,23). The van der Waals surface area contributed by atoms with Gasteiger partial charge in [-0.15, -0.1) is 0 Å². The lowest BCUT2D eigenvalue weighted by Gasteiger charge is -2.36. The number of nitrogens with zero attached hydrogens (tertiary/aromatic N) is 3. The Morgan fingerprint density at radius 3 is 2.48 bits per heavy atom. The molecule has 0 aromatic heterocycles. The second kappa shape index (κ2) is 6.52. The molecule has 3 rings (SSSR count). The van der Waals surface area contributed by atoms with Crippen LogP contribution >= 0.6 is 0 Å². The van der Waals surface area contributed by atoms with Crippen LogP contribution in [0.5, 0.6) is 0 Å². The van der Waals surface area contributed by atoms with Gasteiger partial charge in [0, 0.05) is 5.56 Å². The predicted octanol–water partition coefficient (Wildman–Crippen LogP) is 2.61. The minimum absolute atomic E-state index is 0.0123. The number of benzene rings is 2. The quantitative estimate of drug-likeness (QED) is 0.894. The average Bonchev–Trinajstić information content (AvgIpc) is 2.55. The topological polar surface area (TPSA) is 89.2 Å². The highest BCUT2D eigenvalue weighted by atomic mass is 19.1. The lowest BCUT2D eigenvalue weighted by Crippen LogP contribution is -2.53. The number of guanidine groups is 2. The van der Waals surface area contributed by atoms with Gasteiger partial charge in [0.15, 0.2) is 5.66 Å². The van der Waals surface area contributed by atoms with Gasteiger partial charge >= 0.3 is 0 Å². The highest BCUT2D eigenvalue weighted by molar-refractivity contribution is 5.95. The fraction of sp³-hybridized carbons (Fsp3) is 0.222. The smallest absolute Gasteiger partial charge is 0.226 e. The number of halogens is 1. The molecule has 2 aromatic rings. The fourth-order valence-corrected chi connectivity index (χ4v) is 2.65. The normalized spacial score (nSPS) is 16.4. The summed E-state index contributed by atoms with van der Waals surface area (Å²) in [5.74, 6) is -0.190. The molecule has 7 heteroatoms. The van der Waals surface area contributed by atoms with Crippen LogP contribution in [0.4, 0.5) is 4.39 Å². The van der Waals surface area contributed by atoms with Gasteiger partial charge in [0.2, 0.25) is 11.9 Å². The van der Waals surface area contributed by atoms with Crippen molar-refractivity contribution in [2.24, 2.45) is 21.5 Å². The van der Waals surface area contributed by atoms with E-state index in [0.717, 1.165) is 11.1 Å². The third kappa shape index (κ3) is 3.61. The summed E-state index contributed by atoms with van der Waals surface area (Å²) in [6, 6.07) is 14.7. The van der Waals surface area contributed by atoms with Crippen LogP contribution in [0.3, 0.4) is 0 Å². The van der Waals surface area contributed by atoms with Crippen LogP contribution in [0.15, 0.2) is 58.5 Å². The second-order valence-corrected chi connectivity index (χ2v) is 6.17. The van der Waals surface area contributed by atoms with E-state index in [1.165, 1.54) is 11.1 Å². The largest absolute Gasteiger partial charge is 0.368 e. The molecule has 25 heavy (non-hydrogen) atoms. The van der Waals surface area contributed by atoms with Crippen LogP contribution in [-0.4, -0.2) is 22.6 Å². The Labute approximate surface area is 145 Å². The molecular formula is C18H20FN5O. The molecule has 0 unspecified atom stereocenters. The third-order valence-electron chi connectivity index (χ3n) is 3.82. The number of aliphatic imine (C=N–C) groups is 2. The van der Waals surface area contributed by atoms with Crippen molar-refractivity contribution in [2.45, 2.75) is 26.1 Å². The van der Waals surface area contributed by atoms with E-state index in [-0.39, 0.29) is 24.3 Å². The first kappa shape index (κ1) is 16.9. The van der Waals surface area contributed by atoms with E-state index in [1.807, 2.05) is 30.3 Å². The molecule has 0 radical (unpaired) electrons. The lowest BCUT2D eigenvalue weighted by molar-refractivity contribution is -0.167. The van der Waals surface area contributed by atoms with E-state index < -0.39 is 5.66 Å². The third-order valence-corrected chi connectivity index (χ3v) is 3.82. The summed E-state index contributed by atoms with van der Waals surface area (Å²) < 4.78 is 14.2. The molecule has 130 valence electrons. The van der Waals surface area contributed by atoms with Crippen molar-refractivity contribution in [3.05, 3.63) is 59.9 Å². The van der Waals surface area contributed by atoms with E-state index in [1.54, 1.807) is 26.0 Å². The van der Waals surface area contributed by atoms with Crippen LogP contribution in [0.25, 0.3) is 11.1 Å². The molecule has 0 amide bonds. The van der Waals surface area contributed by atoms with Crippen LogP contribution < -0.4 is 11.5 Å². The summed E-state index contributed by atoms with van der Waals surface area (Å²) in [5.41, 5.74) is 13.0. The maximum Gasteiger partial charge on any atom is 0.226 e. The summed E-state index contributed by atoms with van der Waals surface area (Å²) in [7, 11) is 0. The molecule has 0 spiro atoms. The molecule has 6 nitrogen and oxygen atoms in total. The molecule has 4 N–H and O–H groups in total. The van der Waals surface area contributed by atoms with Gasteiger partial charge in [-0.3, -0.25) is 4.84 Å². The number of hydroxylamine groups is 2. The van der Waals surface area contributed by atoms with Crippen LogP contribution in [-0.2, 0) is 11.4 Å². The Kier molecular flexibility index (Phi) is 4.41. The maximum atomic E-state index is 14.2. The Hall–Kier alpha value is -2.93. The monoisotopic (exact) mass is 341 g/mol. The fourth-order valence-electron chi connectivity index (χ4n) is 2.65. The first-order chi connectivity index (χ1) is 11.9. The van der Waals surface area contributed by atoms with Crippen molar-refractivity contribution in [2.75, 3.05) is 0 Å². The molecule has 1 aliphatic heterocycles. The van der Waals surface area contributed by atoms with Crippen molar-refractivity contribution in [3.63, 3.8) is 0 Å². The van der Waals surface area contributed by atoms with E-state index in [2.05, 4.69) is 9.98 Å². The lowest BCUT2D eigenvalue weighted by atomic mass is 10.0. The van der Waals surface area contributed by atoms with Gasteiger partial charge in [0.1, 0.15) is 12.4 Å². The summed E-state index contributed by atoms with van der Waals surface area (Å²) in [6.45, 7) is 3.54. The number of rotatable bonds is 4. The Morgan fingerprint density at radius 2 is 1.80 bits per heavy atom. The zero-order valence-electron chi connectivity index (χ0n) is 14.1. The molecule has 0 saturated carbocycles. The van der Waals surface area contributed by atoms with Crippen LogP contribution in [0.1, 0.15) is 19.4 Å². The van der Waals surface area contributed by atoms with Crippen molar-refractivity contribution in [3.8, 4) is 11.1 Å². The van der Waals surface area contributed by atoms with E-state index in [4.69, 9.17) is 16.3 Å². The first-order valence-electron chi connectivity index (χ1n) is 7.83. The number of hydrogen-bond acceptors (Lipinski definition) is 6. The van der Waals surface area contributed by atoms with Gasteiger partial charge in [0.05, 0.1) is 0 Å². The maximum absolute atomic E-state index is 14.2. The minimum Gasteiger partial charge on any atom is -0.368 e. The summed E-state index contributed by atoms with van der Waals surface area (Å²) >= 11 is 0. The zero-order valence-corrected chi connectivity index (χ0v) is 14.1. The molecule has 0 atom stereocenters. The number of hydrogen-bond donors (Lipinski definition) is 2. The van der Waals surface area contributed by atoms with Crippen LogP contribution in [0, 0.1) is 5.82 Å². The van der Waals surface area contributed by atoms with Gasteiger partial charge in [-0.25, -0.2) is 9.38 Å². The summed E-state index contributed by atoms with van der Waals surface area (Å²) in [4.78, 5) is 13.8. The highest BCUT2D eigenvalue weighted by Crippen LogP contribution is 2.25. The second-order valence-electron chi connectivity index (χ2n) is 6.17. The predicted molar refractivity (Wildman–Crippen MR) is 95.8 cm³/mol. The molecule has 1 aliphatic rings. The van der Waals surface area contributed by atoms with Gasteiger partial charge < -0.3 is 11.5 Å². The Bertz CT molecular complexity index is 833. The van der Waals surface area contributed by atoms with Crippen molar-refractivity contribution < 1.29 is 9.23 Å². The molecule has 2 aromatic carbocycles. The van der Waals surface area contributed by atoms with Crippen molar-refractivity contribution >= 4 is 11.9 Å². The highest BCUT2D eigenvalue weighted by Gasteiger charge is 2.33. The van der Waals surface area contributed by atoms with E-state index >= 15 is 0 Å². The molecule has 0 fully saturated rings. The molecule has 1 heterocycles. The SMILES string of the molecule is CC1(C)N=C(N)N=C(N)N1OCc1cc(-c2ccccc2)ccc1F. The Balaban J connectivity index is 1.81. The number of nitrogens with two attached hydrogens (primary N) is 2. The van der Waals surface area contributed by atoms with E-state index in [9.17, 15) is 4.39 Å². The minimum atomic E-state index is -0.830. The summed E-state index contributed by atoms with van der Waals surface area (Å²) in [6.07, 6.45) is 0. The van der Waals surface area contributed by atoms with E-state index in [0.29, 0.717) is 5.56 Å². The zero-order chi connectivity index (χ0) is 18.0. The van der Waals surface area contributed by atoms with Crippen LogP contribution in [0.2, 0.25) is 0 Å². The van der Waals surface area contributed by atoms with Crippen molar-refractivity contribution in [1.29, 1.82) is 0 Å². The average molecular weight is 341 g/mol. The molecule has 0 saturated heterocycles. The molecular weight excluding hydrogens is 321 g/mol. The van der Waals surface area contributed by atoms with Gasteiger partial charge in [-0.05, 0) is 37.1 Å². The van der Waals surface area contributed by atoms with Gasteiger partial charge in [0.25, 0.3) is 0 Å². The van der Waals surface area contributed by atoms with Crippen molar-refractivity contribution in [1.82, 2.24) is 5.06 Å². The van der Waals surface area contributed by atoms with Gasteiger partial charge in [-0.1, -0.05) is 36.4 Å². The first-order valence-corrected chi connectivity index (χ1v) is 7.83. The molecule has 0 bridgehead atoms. The molecule has 0 aliphatic carbocycles. The summed E-state index contributed by atoms with van der Waals surface area (Å²) in [5, 5.41) is 1.33. The van der Waals surface area contributed by atoms with Gasteiger partial charge in [-0.2, -0.15) is 10.1 Å². The Morgan fingerprint density at radius 1 is 1.08 bits per heavy atom.